The Kier molecular flexibility index (Phi) is 10.00. The number of benzene rings is 2. The van der Waals surface area contributed by atoms with Crippen LogP contribution in [0.1, 0.15) is 39.0 Å². The van der Waals surface area contributed by atoms with Crippen molar-refractivity contribution in [3.63, 3.8) is 0 Å². The summed E-state index contributed by atoms with van der Waals surface area (Å²) in [5.74, 6) is 0.608. The summed E-state index contributed by atoms with van der Waals surface area (Å²) in [6.45, 7) is 9.56. The molecular formula is C29H36ClN3O3. The third-order valence-corrected chi connectivity index (χ3v) is 6.24. The Labute approximate surface area is 219 Å². The van der Waals surface area contributed by atoms with E-state index in [1.807, 2.05) is 79.5 Å². The molecule has 3 aromatic rings. The van der Waals surface area contributed by atoms with Crippen LogP contribution in [-0.4, -0.2) is 51.9 Å². The van der Waals surface area contributed by atoms with Crippen molar-refractivity contribution in [2.75, 3.05) is 19.7 Å². The highest BCUT2D eigenvalue weighted by molar-refractivity contribution is 6.31. The van der Waals surface area contributed by atoms with Gasteiger partial charge >= 0.3 is 0 Å². The first-order chi connectivity index (χ1) is 17.2. The molecule has 3 rings (SSSR count). The number of hydrogen-bond acceptors (Lipinski definition) is 3. The molecule has 0 unspecified atom stereocenters. The Bertz CT molecular complexity index is 1130. The minimum absolute atomic E-state index is 0.00654. The first-order valence-corrected chi connectivity index (χ1v) is 12.7. The minimum Gasteiger partial charge on any atom is -0.484 e. The minimum atomic E-state index is -0.214. The number of nitrogens with zero attached hydrogens (tertiary/aromatic N) is 3. The molecule has 1 aromatic heterocycles. The summed E-state index contributed by atoms with van der Waals surface area (Å²) < 4.78 is 7.75. The Hall–Kier alpha value is -3.25. The van der Waals surface area contributed by atoms with Crippen LogP contribution in [0.2, 0.25) is 5.02 Å². The van der Waals surface area contributed by atoms with E-state index in [1.165, 1.54) is 0 Å². The highest BCUT2D eigenvalue weighted by Gasteiger charge is 2.25. The molecule has 2 amide bonds. The summed E-state index contributed by atoms with van der Waals surface area (Å²) in [6.07, 6.45) is 2.00. The van der Waals surface area contributed by atoms with E-state index in [1.54, 1.807) is 17.0 Å². The number of carbonyl (C=O) groups excluding carboxylic acids is 2. The Balaban J connectivity index is 1.70. The van der Waals surface area contributed by atoms with Gasteiger partial charge in [-0.3, -0.25) is 9.59 Å². The van der Waals surface area contributed by atoms with E-state index in [0.717, 1.165) is 16.3 Å². The predicted molar refractivity (Wildman–Crippen MR) is 144 cm³/mol. The molecule has 6 nitrogen and oxygen atoms in total. The summed E-state index contributed by atoms with van der Waals surface area (Å²) in [6, 6.07) is 20.9. The van der Waals surface area contributed by atoms with Crippen molar-refractivity contribution < 1.29 is 14.3 Å². The monoisotopic (exact) mass is 509 g/mol. The van der Waals surface area contributed by atoms with Crippen molar-refractivity contribution in [3.8, 4) is 5.75 Å². The van der Waals surface area contributed by atoms with Crippen LogP contribution in [0, 0.1) is 5.92 Å². The quantitative estimate of drug-likeness (QED) is 0.324. The third kappa shape index (κ3) is 7.89. The molecule has 0 aliphatic heterocycles. The second kappa shape index (κ2) is 13.2. The van der Waals surface area contributed by atoms with E-state index in [2.05, 4.69) is 18.4 Å². The number of para-hydroxylation sites is 1. The number of aromatic nitrogens is 1. The molecule has 0 aliphatic rings. The summed E-state index contributed by atoms with van der Waals surface area (Å²) in [5, 5.41) is 0.719. The number of rotatable bonds is 12. The van der Waals surface area contributed by atoms with Crippen molar-refractivity contribution in [2.45, 2.75) is 46.8 Å². The number of hydrogen-bond donors (Lipinski definition) is 0. The molecule has 2 aromatic carbocycles. The van der Waals surface area contributed by atoms with Gasteiger partial charge in [-0.15, -0.1) is 0 Å². The van der Waals surface area contributed by atoms with E-state index < -0.39 is 0 Å². The van der Waals surface area contributed by atoms with Gasteiger partial charge in [-0.25, -0.2) is 0 Å². The lowest BCUT2D eigenvalue weighted by Crippen LogP contribution is -2.48. The molecule has 0 bridgehead atoms. The van der Waals surface area contributed by atoms with Crippen LogP contribution in [0.5, 0.6) is 5.75 Å². The van der Waals surface area contributed by atoms with Crippen molar-refractivity contribution in [3.05, 3.63) is 89.2 Å². The second-order valence-corrected chi connectivity index (χ2v) is 10.0. The van der Waals surface area contributed by atoms with Crippen LogP contribution in [0.25, 0.3) is 0 Å². The molecule has 192 valence electrons. The molecule has 0 aliphatic carbocycles. The fourth-order valence-electron chi connectivity index (χ4n) is 4.00. The highest BCUT2D eigenvalue weighted by Crippen LogP contribution is 2.19. The number of ether oxygens (including phenoxy) is 1. The lowest BCUT2D eigenvalue weighted by molar-refractivity contribution is -0.143. The zero-order valence-corrected chi connectivity index (χ0v) is 22.3. The Morgan fingerprint density at radius 2 is 1.61 bits per heavy atom. The van der Waals surface area contributed by atoms with Gasteiger partial charge in [0.2, 0.25) is 5.91 Å². The lowest BCUT2D eigenvalue weighted by Gasteiger charge is -2.31. The molecule has 0 spiro atoms. The van der Waals surface area contributed by atoms with Gasteiger partial charge in [0.05, 0.1) is 6.54 Å². The second-order valence-electron chi connectivity index (χ2n) is 9.60. The van der Waals surface area contributed by atoms with Gasteiger partial charge in [0.25, 0.3) is 5.91 Å². The van der Waals surface area contributed by atoms with Gasteiger partial charge < -0.3 is 19.1 Å². The number of carbonyl (C=O) groups is 2. The number of halogens is 1. The SMILES string of the molecule is CC(C)CN(Cc1cccn1Cc1ccccc1Cl)C(=O)CN(C(=O)COc1ccccc1)C(C)C. The third-order valence-electron chi connectivity index (χ3n) is 5.87. The Morgan fingerprint density at radius 3 is 2.28 bits per heavy atom. The predicted octanol–water partition coefficient (Wildman–Crippen LogP) is 5.49. The van der Waals surface area contributed by atoms with Gasteiger partial charge in [-0.2, -0.15) is 0 Å². The first kappa shape index (κ1) is 27.3. The molecular weight excluding hydrogens is 474 g/mol. The highest BCUT2D eigenvalue weighted by atomic mass is 35.5. The zero-order valence-electron chi connectivity index (χ0n) is 21.6. The average Bonchev–Trinajstić information content (AvgIpc) is 3.28. The smallest absolute Gasteiger partial charge is 0.261 e. The van der Waals surface area contributed by atoms with E-state index in [9.17, 15) is 9.59 Å². The van der Waals surface area contributed by atoms with Crippen LogP contribution in [0.4, 0.5) is 0 Å². The van der Waals surface area contributed by atoms with Gasteiger partial charge in [-0.1, -0.05) is 61.8 Å². The first-order valence-electron chi connectivity index (χ1n) is 12.4. The fraction of sp³-hybridized carbons (Fsp3) is 0.379. The maximum absolute atomic E-state index is 13.5. The summed E-state index contributed by atoms with van der Waals surface area (Å²) in [7, 11) is 0. The zero-order chi connectivity index (χ0) is 26.1. The van der Waals surface area contributed by atoms with E-state index in [-0.39, 0.29) is 36.9 Å². The summed E-state index contributed by atoms with van der Waals surface area (Å²) in [5.41, 5.74) is 2.03. The van der Waals surface area contributed by atoms with Gasteiger partial charge in [0, 0.05) is 36.0 Å². The molecule has 0 atom stereocenters. The Morgan fingerprint density at radius 1 is 0.917 bits per heavy atom. The largest absolute Gasteiger partial charge is 0.484 e. The normalized spacial score (nSPS) is 11.1. The van der Waals surface area contributed by atoms with Crippen LogP contribution in [0.15, 0.2) is 72.9 Å². The number of amides is 2. The summed E-state index contributed by atoms with van der Waals surface area (Å²) >= 11 is 6.37. The van der Waals surface area contributed by atoms with Crippen molar-refractivity contribution >= 4 is 23.4 Å². The van der Waals surface area contributed by atoms with Gasteiger partial charge in [-0.05, 0) is 55.7 Å². The van der Waals surface area contributed by atoms with Gasteiger partial charge in [0.1, 0.15) is 12.3 Å². The fourth-order valence-corrected chi connectivity index (χ4v) is 4.19. The van der Waals surface area contributed by atoms with E-state index in [0.29, 0.717) is 25.4 Å². The maximum Gasteiger partial charge on any atom is 0.261 e. The van der Waals surface area contributed by atoms with Crippen LogP contribution in [-0.2, 0) is 22.7 Å². The lowest BCUT2D eigenvalue weighted by atomic mass is 10.2. The standard InChI is InChI=1S/C29H36ClN3O3/c1-22(2)17-32(19-25-12-10-16-31(25)18-24-11-8-9-15-27(24)30)28(34)20-33(23(3)4)29(35)21-36-26-13-6-5-7-14-26/h5-16,22-23H,17-21H2,1-4H3. The van der Waals surface area contributed by atoms with Crippen molar-refractivity contribution in [1.29, 1.82) is 0 Å². The molecule has 0 saturated carbocycles. The van der Waals surface area contributed by atoms with Gasteiger partial charge in [0.15, 0.2) is 6.61 Å². The molecule has 0 N–H and O–H groups in total. The summed E-state index contributed by atoms with van der Waals surface area (Å²) in [4.78, 5) is 29.9. The molecule has 0 fully saturated rings. The molecule has 36 heavy (non-hydrogen) atoms. The van der Waals surface area contributed by atoms with E-state index >= 15 is 0 Å². The molecule has 7 heteroatoms. The van der Waals surface area contributed by atoms with Crippen LogP contribution >= 0.6 is 11.6 Å². The van der Waals surface area contributed by atoms with Crippen molar-refractivity contribution in [1.82, 2.24) is 14.4 Å². The van der Waals surface area contributed by atoms with E-state index in [4.69, 9.17) is 16.3 Å². The van der Waals surface area contributed by atoms with Crippen molar-refractivity contribution in [2.24, 2.45) is 5.92 Å². The molecule has 1 heterocycles. The molecule has 0 radical (unpaired) electrons. The van der Waals surface area contributed by atoms with Crippen LogP contribution < -0.4 is 4.74 Å². The maximum atomic E-state index is 13.5. The topological polar surface area (TPSA) is 54.8 Å². The average molecular weight is 510 g/mol. The molecule has 0 saturated heterocycles. The van der Waals surface area contributed by atoms with Crippen LogP contribution in [0.3, 0.4) is 0 Å².